The minimum atomic E-state index is -0.432. The van der Waals surface area contributed by atoms with E-state index < -0.39 is 5.97 Å². The maximum Gasteiger partial charge on any atom is 0.333 e. The lowest BCUT2D eigenvalue weighted by atomic mass is 9.93. The average Bonchev–Trinajstić information content (AvgIpc) is 2.72. The van der Waals surface area contributed by atoms with Gasteiger partial charge in [-0.2, -0.15) is 0 Å². The summed E-state index contributed by atoms with van der Waals surface area (Å²) < 4.78 is 5.29. The second-order valence-corrected chi connectivity index (χ2v) is 7.39. The Bertz CT molecular complexity index is 1050. The van der Waals surface area contributed by atoms with E-state index in [-0.39, 0.29) is 13.2 Å². The number of carbonyl (C=O) groups is 1. The topological polar surface area (TPSA) is 46.5 Å². The van der Waals surface area contributed by atoms with Crippen molar-refractivity contribution in [3.05, 3.63) is 95.1 Å². The molecule has 0 atom stereocenters. The van der Waals surface area contributed by atoms with Crippen LogP contribution in [-0.2, 0) is 22.7 Å². The van der Waals surface area contributed by atoms with Crippen LogP contribution < -0.4 is 0 Å². The highest BCUT2D eigenvalue weighted by molar-refractivity contribution is 5.87. The predicted octanol–water partition coefficient (Wildman–Crippen LogP) is 5.75. The van der Waals surface area contributed by atoms with Gasteiger partial charge in [0.1, 0.15) is 6.61 Å². The van der Waals surface area contributed by atoms with E-state index in [9.17, 15) is 9.90 Å². The van der Waals surface area contributed by atoms with Gasteiger partial charge in [0, 0.05) is 5.57 Å². The van der Waals surface area contributed by atoms with E-state index in [2.05, 4.69) is 62.9 Å². The third-order valence-corrected chi connectivity index (χ3v) is 5.01. The normalized spacial score (nSPS) is 10.6. The van der Waals surface area contributed by atoms with Crippen LogP contribution in [0.2, 0.25) is 0 Å². The molecule has 3 heteroatoms. The summed E-state index contributed by atoms with van der Waals surface area (Å²) in [5.74, 6) is -0.432. The quantitative estimate of drug-likeness (QED) is 0.433. The molecule has 3 nitrogen and oxygen atoms in total. The number of hydrogen-bond acceptors (Lipinski definition) is 3. The summed E-state index contributed by atoms with van der Waals surface area (Å²) in [5, 5.41) is 9.63. The molecule has 1 N–H and O–H groups in total. The molecule has 148 valence electrons. The van der Waals surface area contributed by atoms with Crippen LogP contribution >= 0.6 is 0 Å². The first-order chi connectivity index (χ1) is 13.9. The zero-order valence-electron chi connectivity index (χ0n) is 17.2. The summed E-state index contributed by atoms with van der Waals surface area (Å²) in [7, 11) is 0. The summed E-state index contributed by atoms with van der Waals surface area (Å²) in [5.41, 5.74) is 8.79. The Kier molecular flexibility index (Phi) is 6.30. The first-order valence-corrected chi connectivity index (χ1v) is 9.62. The molecule has 3 rings (SSSR count). The molecule has 0 spiro atoms. The van der Waals surface area contributed by atoms with Crippen molar-refractivity contribution < 1.29 is 14.6 Å². The van der Waals surface area contributed by atoms with Gasteiger partial charge in [-0.15, -0.1) is 0 Å². The van der Waals surface area contributed by atoms with E-state index in [1.54, 1.807) is 6.92 Å². The molecule has 0 aliphatic rings. The molecule has 3 aromatic carbocycles. The number of aliphatic hydroxyl groups excluding tert-OH is 1. The van der Waals surface area contributed by atoms with Crippen LogP contribution in [0.1, 0.15) is 29.2 Å². The van der Waals surface area contributed by atoms with Gasteiger partial charge in [-0.1, -0.05) is 66.7 Å². The lowest BCUT2D eigenvalue weighted by molar-refractivity contribution is -0.140. The van der Waals surface area contributed by atoms with Crippen molar-refractivity contribution in [3.8, 4) is 22.3 Å². The molecule has 0 aliphatic carbocycles. The molecular formula is C26H26O3. The fourth-order valence-corrected chi connectivity index (χ4v) is 3.26. The van der Waals surface area contributed by atoms with Crippen LogP contribution in [0.15, 0.2) is 72.8 Å². The van der Waals surface area contributed by atoms with Crippen LogP contribution in [0.3, 0.4) is 0 Å². The van der Waals surface area contributed by atoms with Crippen LogP contribution in [0.4, 0.5) is 0 Å². The van der Waals surface area contributed by atoms with E-state index in [4.69, 9.17) is 4.74 Å². The zero-order valence-corrected chi connectivity index (χ0v) is 17.2. The highest BCUT2D eigenvalue weighted by atomic mass is 16.5. The second kappa shape index (κ2) is 8.89. The number of aryl methyl sites for hydroxylation is 2. The summed E-state index contributed by atoms with van der Waals surface area (Å²) in [4.78, 5) is 11.7. The Hall–Kier alpha value is -3.17. The Balaban J connectivity index is 1.91. The number of benzene rings is 3. The summed E-state index contributed by atoms with van der Waals surface area (Å²) >= 11 is 0. The zero-order chi connectivity index (χ0) is 21.0. The molecule has 29 heavy (non-hydrogen) atoms. The van der Waals surface area contributed by atoms with Gasteiger partial charge in [-0.05, 0) is 65.8 Å². The van der Waals surface area contributed by atoms with Gasteiger partial charge in [0.15, 0.2) is 0 Å². The minimum Gasteiger partial charge on any atom is -0.457 e. The van der Waals surface area contributed by atoms with Crippen LogP contribution in [0.25, 0.3) is 22.3 Å². The number of ether oxygens (including phenoxy) is 1. The molecule has 0 saturated carbocycles. The van der Waals surface area contributed by atoms with Gasteiger partial charge in [-0.3, -0.25) is 0 Å². The Labute approximate surface area is 172 Å². The van der Waals surface area contributed by atoms with E-state index in [1.165, 1.54) is 16.7 Å². The Morgan fingerprint density at radius 3 is 2.17 bits per heavy atom. The third-order valence-electron chi connectivity index (χ3n) is 5.01. The van der Waals surface area contributed by atoms with Gasteiger partial charge in [0.2, 0.25) is 0 Å². The molecule has 0 radical (unpaired) electrons. The number of rotatable bonds is 6. The second-order valence-electron chi connectivity index (χ2n) is 7.39. The smallest absolute Gasteiger partial charge is 0.333 e. The van der Waals surface area contributed by atoms with Crippen molar-refractivity contribution in [3.63, 3.8) is 0 Å². The SMILES string of the molecule is C=C(C)C(=O)OCc1cc(-c2ccc(-c3ccc(C)cc3)cc2C)ccc1CO. The first kappa shape index (κ1) is 20.6. The van der Waals surface area contributed by atoms with E-state index in [0.29, 0.717) is 5.57 Å². The van der Waals surface area contributed by atoms with Gasteiger partial charge < -0.3 is 9.84 Å². The van der Waals surface area contributed by atoms with Crippen molar-refractivity contribution in [1.82, 2.24) is 0 Å². The average molecular weight is 386 g/mol. The third kappa shape index (κ3) is 4.82. The summed E-state index contributed by atoms with van der Waals surface area (Å²) in [6.45, 7) is 9.39. The fraction of sp³-hybridized carbons (Fsp3) is 0.192. The van der Waals surface area contributed by atoms with E-state index in [1.807, 2.05) is 18.2 Å². The number of esters is 1. The van der Waals surface area contributed by atoms with Crippen LogP contribution in [0, 0.1) is 13.8 Å². The maximum atomic E-state index is 11.7. The van der Waals surface area contributed by atoms with Crippen LogP contribution in [0.5, 0.6) is 0 Å². The fourth-order valence-electron chi connectivity index (χ4n) is 3.26. The number of hydrogen-bond donors (Lipinski definition) is 1. The molecule has 3 aromatic rings. The predicted molar refractivity (Wildman–Crippen MR) is 117 cm³/mol. The lowest BCUT2D eigenvalue weighted by Gasteiger charge is -2.14. The van der Waals surface area contributed by atoms with Crippen molar-refractivity contribution in [2.75, 3.05) is 0 Å². The lowest BCUT2D eigenvalue weighted by Crippen LogP contribution is -2.06. The molecule has 0 aliphatic heterocycles. The Morgan fingerprint density at radius 2 is 1.55 bits per heavy atom. The largest absolute Gasteiger partial charge is 0.457 e. The summed E-state index contributed by atoms with van der Waals surface area (Å²) in [6, 6.07) is 20.8. The number of aliphatic hydroxyl groups is 1. The van der Waals surface area contributed by atoms with Crippen molar-refractivity contribution in [1.29, 1.82) is 0 Å². The highest BCUT2D eigenvalue weighted by Gasteiger charge is 2.11. The first-order valence-electron chi connectivity index (χ1n) is 9.62. The van der Waals surface area contributed by atoms with Crippen molar-refractivity contribution in [2.45, 2.75) is 34.0 Å². The Morgan fingerprint density at radius 1 is 0.897 bits per heavy atom. The molecule has 0 aromatic heterocycles. The molecule has 0 bridgehead atoms. The molecule has 0 unspecified atom stereocenters. The van der Waals surface area contributed by atoms with E-state index >= 15 is 0 Å². The van der Waals surface area contributed by atoms with E-state index in [0.717, 1.165) is 27.8 Å². The van der Waals surface area contributed by atoms with Gasteiger partial charge in [0.05, 0.1) is 6.61 Å². The van der Waals surface area contributed by atoms with Gasteiger partial charge in [-0.25, -0.2) is 4.79 Å². The minimum absolute atomic E-state index is 0.106. The number of carbonyl (C=O) groups excluding carboxylic acids is 1. The molecule has 0 amide bonds. The van der Waals surface area contributed by atoms with Gasteiger partial charge in [0.25, 0.3) is 0 Å². The molecular weight excluding hydrogens is 360 g/mol. The molecule has 0 fully saturated rings. The monoisotopic (exact) mass is 386 g/mol. The summed E-state index contributed by atoms with van der Waals surface area (Å²) in [6.07, 6.45) is 0. The van der Waals surface area contributed by atoms with Crippen LogP contribution in [-0.4, -0.2) is 11.1 Å². The van der Waals surface area contributed by atoms with Crippen molar-refractivity contribution in [2.24, 2.45) is 0 Å². The standard InChI is InChI=1S/C26H26O3/c1-17(2)26(28)29-16-24-14-22(9-10-23(24)15-27)25-12-11-21(13-19(25)4)20-7-5-18(3)6-8-20/h5-14,27H,1,15-16H2,2-4H3. The molecule has 0 heterocycles. The maximum absolute atomic E-state index is 11.7. The van der Waals surface area contributed by atoms with Crippen molar-refractivity contribution >= 4 is 5.97 Å². The highest BCUT2D eigenvalue weighted by Crippen LogP contribution is 2.30. The van der Waals surface area contributed by atoms with Gasteiger partial charge >= 0.3 is 5.97 Å². The molecule has 0 saturated heterocycles.